The average molecular weight is 858 g/mol. The molecule has 0 aromatic heterocycles. The third-order valence-electron chi connectivity index (χ3n) is 1.000. The maximum atomic E-state index is 11.7. The summed E-state index contributed by atoms with van der Waals surface area (Å²) in [6.07, 6.45) is -5.33. The molecule has 0 radical (unpaired) electrons. The van der Waals surface area contributed by atoms with Crippen molar-refractivity contribution in [3.63, 3.8) is 0 Å². The van der Waals surface area contributed by atoms with E-state index < -0.39 is 24.8 Å². The Morgan fingerprint density at radius 1 is 1.26 bits per heavy atom. The van der Waals surface area contributed by atoms with Gasteiger partial charge in [0.05, 0.1) is 6.61 Å². The van der Waals surface area contributed by atoms with Gasteiger partial charge in [-0.15, -0.1) is 13.2 Å². The minimum absolute atomic E-state index is 0. The van der Waals surface area contributed by atoms with Crippen LogP contribution in [0.2, 0.25) is 0 Å². The second-order valence-corrected chi connectivity index (χ2v) is 2.62. The summed E-state index contributed by atoms with van der Waals surface area (Å²) in [6.45, 7) is 8.37. The fraction of sp³-hybridized carbons (Fsp3) is 0.500. The van der Waals surface area contributed by atoms with E-state index in [-0.39, 0.29) is 19.4 Å². The first-order valence-electron chi connectivity index (χ1n) is 5.39. The first-order valence-corrected chi connectivity index (χ1v) is 5.39. The quantitative estimate of drug-likeness (QED) is 0.243. The van der Waals surface area contributed by atoms with Gasteiger partial charge in [0.25, 0.3) is 6.11 Å². The molecule has 0 aromatic rings. The van der Waals surface area contributed by atoms with Gasteiger partial charge in [-0.25, -0.2) is 23.9 Å². The monoisotopic (exact) mass is 858 g/mol. The summed E-state index contributed by atoms with van der Waals surface area (Å²) in [5, 5.41) is 7.72. The zero-order chi connectivity index (χ0) is 17.9. The van der Waals surface area contributed by atoms with Crippen LogP contribution in [0.5, 0.6) is 0 Å². The van der Waals surface area contributed by atoms with E-state index in [1.807, 2.05) is 0 Å². The first kappa shape index (κ1) is 36.6. The van der Waals surface area contributed by atoms with E-state index in [2.05, 4.69) is 17.9 Å². The topological polar surface area (TPSA) is 46.5 Å². The Hall–Kier alpha value is -3.51. The number of aliphatic carboxylic acids is 1. The number of halogens is 6. The third kappa shape index (κ3) is 69.8. The largest absolute Gasteiger partial charge is 0.481 e. The predicted molar refractivity (Wildman–Crippen MR) is 65.9 cm³/mol. The standard InChI is InChI=1S/C5H8F3O.C3H6O2.C2F3.C2H4.2Rf/c1-2-3-9-5(7,8)4-6;1-2-3(4)5;3-1-2(4)5;1-2;;/h4H,2-3H2,1H3;2H2,1H3,(H,4,5);;1-2H2;;/q-1;;-1;;;. The second-order valence-electron chi connectivity index (χ2n) is 2.62. The maximum absolute atomic E-state index is 11.7. The number of ether oxygens (including phenoxy) is 1. The van der Waals surface area contributed by atoms with Crippen LogP contribution in [0, 0.1) is 13.0 Å². The number of alkyl halides is 2. The molecule has 0 amide bonds. The maximum Gasteiger partial charge on any atom is 0.303 e. The van der Waals surface area contributed by atoms with Gasteiger partial charge in [0.15, 0.2) is 0 Å². The van der Waals surface area contributed by atoms with Crippen LogP contribution in [0.25, 0.3) is 0 Å². The molecule has 132 valence electrons. The Morgan fingerprint density at radius 2 is 1.57 bits per heavy atom. The molecule has 0 saturated heterocycles. The van der Waals surface area contributed by atoms with E-state index in [1.165, 1.54) is 0 Å². The molecule has 0 spiro atoms. The molecule has 0 unspecified atom stereocenters. The van der Waals surface area contributed by atoms with Gasteiger partial charge in [0.1, 0.15) is 6.08 Å². The van der Waals surface area contributed by atoms with E-state index >= 15 is 0 Å². The molecule has 0 heterocycles. The number of carboxylic acids is 1. The van der Waals surface area contributed by atoms with Gasteiger partial charge >= 0.3 is 5.97 Å². The van der Waals surface area contributed by atoms with Gasteiger partial charge in [-0.1, -0.05) is 20.5 Å². The Balaban J connectivity index is -0.0000000452. The molecule has 23 heavy (non-hydrogen) atoms. The van der Waals surface area contributed by atoms with Gasteiger partial charge < -0.3 is 18.6 Å². The fourth-order valence-corrected chi connectivity index (χ4v) is 0.270. The van der Waals surface area contributed by atoms with E-state index in [1.54, 1.807) is 13.8 Å². The van der Waals surface area contributed by atoms with E-state index in [0.717, 1.165) is 0 Å². The molecule has 0 aromatic carbocycles. The van der Waals surface area contributed by atoms with Crippen molar-refractivity contribution in [3.05, 3.63) is 32.2 Å². The Bertz CT molecular complexity index is 265. The van der Waals surface area contributed by atoms with Crippen molar-refractivity contribution in [3.8, 4) is 0 Å². The van der Waals surface area contributed by atoms with Gasteiger partial charge in [-0.2, -0.15) is 0 Å². The Labute approximate surface area is 119 Å². The SMILES string of the molecule is C=C.CCC(=O)O.CCCOC(F)(F)[CH-]F.F[C-]=C(F)F.[Rf].[Rf]. The molecule has 0 bridgehead atoms. The molecule has 11 heteroatoms. The summed E-state index contributed by atoms with van der Waals surface area (Å²) >= 11 is 0. The fourth-order valence-electron chi connectivity index (χ4n) is 0.270. The zero-order valence-electron chi connectivity index (χ0n) is 13.1. The van der Waals surface area contributed by atoms with Crippen molar-refractivity contribution in [2.24, 2.45) is 0 Å². The van der Waals surface area contributed by atoms with Crippen LogP contribution in [0.1, 0.15) is 26.7 Å². The summed E-state index contributed by atoms with van der Waals surface area (Å²) in [6, 6.07) is 0. The Morgan fingerprint density at radius 3 is 1.70 bits per heavy atom. The van der Waals surface area contributed by atoms with Gasteiger partial charge in [0.2, 0.25) is 0 Å². The molecular weight excluding hydrogens is 840 g/mol. The van der Waals surface area contributed by atoms with Gasteiger partial charge in [-0.3, -0.25) is 4.79 Å². The molecule has 0 aliphatic heterocycles. The molecule has 0 saturated carbocycles. The number of carboxylic acid groups (broad SMARTS) is 1. The van der Waals surface area contributed by atoms with Crippen LogP contribution in [-0.4, -0.2) is 23.8 Å². The molecule has 0 atom stereocenters. The average Bonchev–Trinajstić information content (AvgIpc) is 2.48. The molecular formula is C12H18F6O3Rf2-2. The molecule has 0 aliphatic rings. The normalized spacial score (nSPS) is 8.00. The minimum atomic E-state index is -3.70. The second kappa shape index (κ2) is 26.9. The van der Waals surface area contributed by atoms with Gasteiger partial charge in [0, 0.05) is 6.42 Å². The van der Waals surface area contributed by atoms with Crippen LogP contribution in [0.3, 0.4) is 0 Å². The van der Waals surface area contributed by atoms with Crippen LogP contribution >= 0.6 is 0 Å². The molecule has 0 aliphatic carbocycles. The van der Waals surface area contributed by atoms with E-state index in [0.29, 0.717) is 6.42 Å². The van der Waals surface area contributed by atoms with Crippen LogP contribution < -0.4 is 0 Å². The van der Waals surface area contributed by atoms with Gasteiger partial charge in [-0.05, 0) is 6.42 Å². The van der Waals surface area contributed by atoms with Crippen LogP contribution in [0.4, 0.5) is 26.3 Å². The number of hydrogen-bond donors (Lipinski definition) is 1. The van der Waals surface area contributed by atoms with Crippen molar-refractivity contribution in [2.45, 2.75) is 32.8 Å². The number of hydrogen-bond acceptors (Lipinski definition) is 2. The molecule has 1 N–H and O–H groups in total. The van der Waals surface area contributed by atoms with Crippen LogP contribution in [-0.2, 0) is 9.53 Å². The number of rotatable bonds is 5. The van der Waals surface area contributed by atoms with Crippen LogP contribution in [0.15, 0.2) is 19.2 Å². The summed E-state index contributed by atoms with van der Waals surface area (Å²) in [4.78, 5) is 9.37. The summed E-state index contributed by atoms with van der Waals surface area (Å²) in [7, 11) is 0. The smallest absolute Gasteiger partial charge is 0.303 e. The Kier molecular flexibility index (Phi) is 42.9. The molecule has 0 rings (SSSR count). The molecule has 0 fully saturated rings. The predicted octanol–water partition coefficient (Wildman–Crippen LogP) is 4.92. The minimum Gasteiger partial charge on any atom is -0.481 e. The van der Waals surface area contributed by atoms with Crippen molar-refractivity contribution in [2.75, 3.05) is 6.61 Å². The van der Waals surface area contributed by atoms with E-state index in [4.69, 9.17) is 5.11 Å². The summed E-state index contributed by atoms with van der Waals surface area (Å²) in [5.41, 5.74) is 0. The van der Waals surface area contributed by atoms with Crippen molar-refractivity contribution < 1.29 is 41.0 Å². The van der Waals surface area contributed by atoms with Crippen molar-refractivity contribution in [1.29, 1.82) is 0 Å². The summed E-state index contributed by atoms with van der Waals surface area (Å²) < 4.78 is 68.7. The zero-order valence-corrected chi connectivity index (χ0v) is 25.9. The van der Waals surface area contributed by atoms with E-state index in [9.17, 15) is 31.1 Å². The summed E-state index contributed by atoms with van der Waals surface area (Å²) in [5.74, 6) is -0.745. The molecule has 3 nitrogen and oxygen atoms in total. The van der Waals surface area contributed by atoms with Crippen molar-refractivity contribution in [1.82, 2.24) is 0 Å². The third-order valence-corrected chi connectivity index (χ3v) is 1.000. The number of carbonyl (C=O) groups is 1. The van der Waals surface area contributed by atoms with Crippen molar-refractivity contribution >= 4 is 5.97 Å². The first-order chi connectivity index (χ1) is 9.66.